The van der Waals surface area contributed by atoms with Crippen molar-refractivity contribution in [3.05, 3.63) is 47.2 Å². The highest BCUT2D eigenvalue weighted by molar-refractivity contribution is 7.86. The third kappa shape index (κ3) is 3.36. The van der Waals surface area contributed by atoms with Gasteiger partial charge in [0.25, 0.3) is 0 Å². The van der Waals surface area contributed by atoms with Gasteiger partial charge in [0.2, 0.25) is 0 Å². The van der Waals surface area contributed by atoms with Gasteiger partial charge in [0.05, 0.1) is 0 Å². The second kappa shape index (κ2) is 5.73. The van der Waals surface area contributed by atoms with Crippen LogP contribution in [-0.2, 0) is 20.8 Å². The van der Waals surface area contributed by atoms with Crippen LogP contribution in [0.3, 0.4) is 0 Å². The van der Waals surface area contributed by atoms with Crippen molar-refractivity contribution in [3.8, 4) is 0 Å². The Kier molecular flexibility index (Phi) is 3.99. The van der Waals surface area contributed by atoms with E-state index in [1.807, 2.05) is 6.92 Å². The Balaban J connectivity index is 1.92. The van der Waals surface area contributed by atoms with Crippen LogP contribution in [0.15, 0.2) is 38.7 Å². The third-order valence-electron chi connectivity index (χ3n) is 3.92. The standard InChI is InChI=1S/C17H20N2O4S/c1-11-5-7-13(8-6-11)24(20,21)23-19-14-9-17(3,4)10-15-16(14)18-12(2)22-15/h5-8H,9-10H2,1-4H3/b19-14-. The molecule has 0 saturated carbocycles. The molecule has 128 valence electrons. The Morgan fingerprint density at radius 3 is 2.50 bits per heavy atom. The summed E-state index contributed by atoms with van der Waals surface area (Å²) in [6.45, 7) is 7.78. The van der Waals surface area contributed by atoms with Crippen LogP contribution in [-0.4, -0.2) is 19.1 Å². The number of hydrogen-bond acceptors (Lipinski definition) is 6. The average Bonchev–Trinajstić information content (AvgIpc) is 2.84. The van der Waals surface area contributed by atoms with E-state index in [1.165, 1.54) is 12.1 Å². The van der Waals surface area contributed by atoms with Gasteiger partial charge in [0.15, 0.2) is 5.89 Å². The third-order valence-corrected chi connectivity index (χ3v) is 5.04. The van der Waals surface area contributed by atoms with Gasteiger partial charge in [-0.05, 0) is 24.5 Å². The van der Waals surface area contributed by atoms with Crippen molar-refractivity contribution in [3.63, 3.8) is 0 Å². The molecule has 1 aliphatic carbocycles. The maximum Gasteiger partial charge on any atom is 0.358 e. The lowest BCUT2D eigenvalue weighted by Gasteiger charge is -2.27. The van der Waals surface area contributed by atoms with Crippen LogP contribution in [0.2, 0.25) is 0 Å². The molecule has 6 nitrogen and oxygen atoms in total. The quantitative estimate of drug-likeness (QED) is 0.794. The molecule has 0 amide bonds. The molecule has 0 aliphatic heterocycles. The van der Waals surface area contributed by atoms with E-state index < -0.39 is 10.1 Å². The van der Waals surface area contributed by atoms with Gasteiger partial charge in [-0.1, -0.05) is 36.7 Å². The van der Waals surface area contributed by atoms with Crippen molar-refractivity contribution >= 4 is 15.8 Å². The summed E-state index contributed by atoms with van der Waals surface area (Å²) in [6.07, 6.45) is 1.29. The van der Waals surface area contributed by atoms with E-state index in [0.717, 1.165) is 17.7 Å². The fourth-order valence-electron chi connectivity index (χ4n) is 2.77. The van der Waals surface area contributed by atoms with Gasteiger partial charge in [-0.2, -0.15) is 8.42 Å². The Labute approximate surface area is 141 Å². The molecule has 24 heavy (non-hydrogen) atoms. The topological polar surface area (TPSA) is 81.8 Å². The summed E-state index contributed by atoms with van der Waals surface area (Å²) in [7, 11) is -3.96. The predicted octanol–water partition coefficient (Wildman–Crippen LogP) is 3.37. The zero-order valence-corrected chi connectivity index (χ0v) is 15.0. The highest BCUT2D eigenvalue weighted by Gasteiger charge is 2.34. The molecule has 3 rings (SSSR count). The first kappa shape index (κ1) is 16.7. The Morgan fingerprint density at radius 2 is 1.83 bits per heavy atom. The van der Waals surface area contributed by atoms with Crippen molar-refractivity contribution in [2.75, 3.05) is 0 Å². The number of oxazole rings is 1. The molecule has 0 spiro atoms. The molecule has 0 N–H and O–H groups in total. The van der Waals surface area contributed by atoms with Gasteiger partial charge in [0, 0.05) is 19.8 Å². The highest BCUT2D eigenvalue weighted by Crippen LogP contribution is 2.35. The molecule has 0 saturated heterocycles. The molecule has 0 atom stereocenters. The van der Waals surface area contributed by atoms with Gasteiger partial charge in [-0.25, -0.2) is 4.98 Å². The first-order valence-corrected chi connectivity index (χ1v) is 9.11. The van der Waals surface area contributed by atoms with Gasteiger partial charge >= 0.3 is 10.1 Å². The second-order valence-corrected chi connectivity index (χ2v) is 8.43. The second-order valence-electron chi connectivity index (χ2n) is 6.90. The lowest BCUT2D eigenvalue weighted by atomic mass is 9.77. The summed E-state index contributed by atoms with van der Waals surface area (Å²) in [6, 6.07) is 6.43. The maximum atomic E-state index is 12.3. The molecule has 0 bridgehead atoms. The number of benzene rings is 1. The minimum absolute atomic E-state index is 0.0732. The molecule has 1 aromatic carbocycles. The van der Waals surface area contributed by atoms with Gasteiger partial charge in [0.1, 0.15) is 22.1 Å². The first-order valence-electron chi connectivity index (χ1n) is 7.70. The zero-order chi connectivity index (χ0) is 17.5. The summed E-state index contributed by atoms with van der Waals surface area (Å²) in [5.74, 6) is 1.26. The smallest absolute Gasteiger partial charge is 0.358 e. The highest BCUT2D eigenvalue weighted by atomic mass is 32.2. The molecular weight excluding hydrogens is 328 g/mol. The maximum absolute atomic E-state index is 12.3. The largest absolute Gasteiger partial charge is 0.445 e. The van der Waals surface area contributed by atoms with E-state index in [0.29, 0.717) is 23.7 Å². The van der Waals surface area contributed by atoms with Crippen molar-refractivity contribution in [2.24, 2.45) is 10.6 Å². The summed E-state index contributed by atoms with van der Waals surface area (Å²) in [4.78, 5) is 4.38. The summed E-state index contributed by atoms with van der Waals surface area (Å²) in [5.41, 5.74) is 1.95. The molecule has 1 aliphatic rings. The summed E-state index contributed by atoms with van der Waals surface area (Å²) >= 11 is 0. The van der Waals surface area contributed by atoms with E-state index in [9.17, 15) is 8.42 Å². The molecular formula is C17H20N2O4S. The molecule has 7 heteroatoms. The van der Waals surface area contributed by atoms with Gasteiger partial charge in [-0.15, -0.1) is 0 Å². The van der Waals surface area contributed by atoms with Crippen molar-refractivity contribution in [1.29, 1.82) is 0 Å². The minimum Gasteiger partial charge on any atom is -0.445 e. The predicted molar refractivity (Wildman–Crippen MR) is 89.3 cm³/mol. The van der Waals surface area contributed by atoms with Crippen LogP contribution in [0.1, 0.15) is 43.2 Å². The number of fused-ring (bicyclic) bond motifs is 1. The van der Waals surface area contributed by atoms with E-state index in [2.05, 4.69) is 24.0 Å². The molecule has 0 radical (unpaired) electrons. The Hall–Kier alpha value is -2.15. The molecule has 0 fully saturated rings. The number of aromatic nitrogens is 1. The number of oxime groups is 1. The van der Waals surface area contributed by atoms with Crippen LogP contribution < -0.4 is 0 Å². The summed E-state index contributed by atoms with van der Waals surface area (Å²) < 4.78 is 35.1. The Morgan fingerprint density at radius 1 is 1.17 bits per heavy atom. The minimum atomic E-state index is -3.96. The van der Waals surface area contributed by atoms with Crippen LogP contribution in [0.5, 0.6) is 0 Å². The molecule has 2 aromatic rings. The van der Waals surface area contributed by atoms with E-state index in [4.69, 9.17) is 8.70 Å². The van der Waals surface area contributed by atoms with Crippen molar-refractivity contribution in [2.45, 2.75) is 45.4 Å². The van der Waals surface area contributed by atoms with Gasteiger partial charge in [-0.3, -0.25) is 4.28 Å². The number of rotatable bonds is 3. The fraction of sp³-hybridized carbons (Fsp3) is 0.412. The SMILES string of the molecule is Cc1ccc(S(=O)(=O)O/N=C2/CC(C)(C)Cc3oc(C)nc32)cc1. The average molecular weight is 348 g/mol. The van der Waals surface area contributed by atoms with Crippen molar-refractivity contribution < 1.29 is 17.1 Å². The fourth-order valence-corrected chi connectivity index (χ4v) is 3.51. The van der Waals surface area contributed by atoms with Crippen LogP contribution in [0.25, 0.3) is 0 Å². The summed E-state index contributed by atoms with van der Waals surface area (Å²) in [5, 5.41) is 3.91. The van der Waals surface area contributed by atoms with E-state index in [-0.39, 0.29) is 10.3 Å². The number of nitrogens with zero attached hydrogens (tertiary/aromatic N) is 2. The Bertz CT molecular complexity index is 893. The van der Waals surface area contributed by atoms with Crippen LogP contribution >= 0.6 is 0 Å². The lowest BCUT2D eigenvalue weighted by Crippen LogP contribution is -2.27. The van der Waals surface area contributed by atoms with E-state index in [1.54, 1.807) is 19.1 Å². The molecule has 1 aromatic heterocycles. The first-order chi connectivity index (χ1) is 11.2. The van der Waals surface area contributed by atoms with Crippen LogP contribution in [0.4, 0.5) is 0 Å². The van der Waals surface area contributed by atoms with E-state index >= 15 is 0 Å². The normalized spacial score (nSPS) is 18.4. The lowest BCUT2D eigenvalue weighted by molar-refractivity contribution is 0.309. The van der Waals surface area contributed by atoms with Crippen molar-refractivity contribution in [1.82, 2.24) is 4.98 Å². The molecule has 1 heterocycles. The molecule has 0 unspecified atom stereocenters. The van der Waals surface area contributed by atoms with Gasteiger partial charge < -0.3 is 4.42 Å². The van der Waals surface area contributed by atoms with Crippen LogP contribution in [0, 0.1) is 19.3 Å². The number of hydrogen-bond donors (Lipinski definition) is 0. The number of aryl methyl sites for hydroxylation is 2. The monoisotopic (exact) mass is 348 g/mol. The zero-order valence-electron chi connectivity index (χ0n) is 14.2.